The second-order valence-corrected chi connectivity index (χ2v) is 7.55. The van der Waals surface area contributed by atoms with Gasteiger partial charge in [-0.3, -0.25) is 9.59 Å². The molecule has 122 valence electrons. The highest BCUT2D eigenvalue weighted by molar-refractivity contribution is 7.18. The van der Waals surface area contributed by atoms with Gasteiger partial charge in [-0.05, 0) is 24.3 Å². The summed E-state index contributed by atoms with van der Waals surface area (Å²) in [6, 6.07) is 17.3. The molecule has 0 aliphatic rings. The largest absolute Gasteiger partial charge is 0.337 e. The van der Waals surface area contributed by atoms with Gasteiger partial charge >= 0.3 is 0 Å². The first kappa shape index (κ1) is 15.7. The first-order valence-electron chi connectivity index (χ1n) is 7.54. The van der Waals surface area contributed by atoms with Gasteiger partial charge < -0.3 is 4.98 Å². The fourth-order valence-corrected chi connectivity index (χ4v) is 4.20. The molecule has 0 atom stereocenters. The topological polar surface area (TPSA) is 62.8 Å². The standard InChI is InChI=1S/C19H12N2O2S2/c22-10-13-6-8-15(24-13)17-18(16-9-7-14(11-23)25-16)21-19(20-17)12-4-2-1-3-5-12/h1-11H,(H,20,21). The van der Waals surface area contributed by atoms with Gasteiger partial charge in [-0.1, -0.05) is 30.3 Å². The maximum Gasteiger partial charge on any atom is 0.160 e. The number of nitrogens with zero attached hydrogens (tertiary/aromatic N) is 1. The van der Waals surface area contributed by atoms with E-state index in [0.717, 1.165) is 45.1 Å². The van der Waals surface area contributed by atoms with E-state index < -0.39 is 0 Å². The van der Waals surface area contributed by atoms with Crippen molar-refractivity contribution in [1.29, 1.82) is 0 Å². The predicted molar refractivity (Wildman–Crippen MR) is 101 cm³/mol. The number of rotatable bonds is 5. The van der Waals surface area contributed by atoms with Gasteiger partial charge in [0.1, 0.15) is 11.5 Å². The summed E-state index contributed by atoms with van der Waals surface area (Å²) in [5, 5.41) is 0. The molecule has 0 saturated carbocycles. The molecule has 1 aromatic carbocycles. The highest BCUT2D eigenvalue weighted by Crippen LogP contribution is 2.38. The number of aromatic nitrogens is 2. The Morgan fingerprint density at radius 2 is 1.44 bits per heavy atom. The minimum Gasteiger partial charge on any atom is -0.337 e. The third kappa shape index (κ3) is 2.97. The minimum absolute atomic E-state index is 0.657. The van der Waals surface area contributed by atoms with Gasteiger partial charge in [0.2, 0.25) is 0 Å². The lowest BCUT2D eigenvalue weighted by Crippen LogP contribution is -1.78. The number of aromatic amines is 1. The van der Waals surface area contributed by atoms with Crippen LogP contribution >= 0.6 is 22.7 Å². The number of aldehydes is 2. The Bertz CT molecular complexity index is 981. The first-order valence-corrected chi connectivity index (χ1v) is 9.18. The van der Waals surface area contributed by atoms with Gasteiger partial charge in [0.25, 0.3) is 0 Å². The fraction of sp³-hybridized carbons (Fsp3) is 0. The van der Waals surface area contributed by atoms with E-state index in [1.165, 1.54) is 22.7 Å². The molecule has 0 amide bonds. The molecule has 0 spiro atoms. The van der Waals surface area contributed by atoms with E-state index in [2.05, 4.69) is 4.98 Å². The monoisotopic (exact) mass is 364 g/mol. The van der Waals surface area contributed by atoms with Crippen LogP contribution in [0.3, 0.4) is 0 Å². The summed E-state index contributed by atoms with van der Waals surface area (Å²) < 4.78 is 0. The molecule has 0 bridgehead atoms. The molecule has 4 rings (SSSR count). The molecular weight excluding hydrogens is 352 g/mol. The summed E-state index contributed by atoms with van der Waals surface area (Å²) >= 11 is 2.81. The van der Waals surface area contributed by atoms with Gasteiger partial charge in [-0.15, -0.1) is 22.7 Å². The van der Waals surface area contributed by atoms with Crippen LogP contribution < -0.4 is 0 Å². The Morgan fingerprint density at radius 3 is 2.08 bits per heavy atom. The lowest BCUT2D eigenvalue weighted by molar-refractivity contribution is 0.111. The number of hydrogen-bond donors (Lipinski definition) is 1. The summed E-state index contributed by atoms with van der Waals surface area (Å²) in [7, 11) is 0. The van der Waals surface area contributed by atoms with E-state index in [1.54, 1.807) is 12.1 Å². The summed E-state index contributed by atoms with van der Waals surface area (Å²) in [6.07, 6.45) is 1.69. The van der Waals surface area contributed by atoms with Crippen LogP contribution in [-0.4, -0.2) is 22.5 Å². The summed E-state index contributed by atoms with van der Waals surface area (Å²) in [5.41, 5.74) is 2.63. The number of carbonyl (C=O) groups is 2. The van der Waals surface area contributed by atoms with Crippen molar-refractivity contribution in [2.45, 2.75) is 0 Å². The smallest absolute Gasteiger partial charge is 0.160 e. The molecule has 0 radical (unpaired) electrons. The molecule has 3 aromatic heterocycles. The summed E-state index contributed by atoms with van der Waals surface area (Å²) in [6.45, 7) is 0. The van der Waals surface area contributed by atoms with E-state index in [4.69, 9.17) is 4.98 Å². The van der Waals surface area contributed by atoms with Gasteiger partial charge in [-0.25, -0.2) is 4.98 Å². The number of nitrogens with one attached hydrogen (secondary N) is 1. The van der Waals surface area contributed by atoms with Crippen molar-refractivity contribution in [2.75, 3.05) is 0 Å². The van der Waals surface area contributed by atoms with Gasteiger partial charge in [0.05, 0.1) is 25.2 Å². The van der Waals surface area contributed by atoms with Crippen molar-refractivity contribution >= 4 is 35.2 Å². The molecule has 4 aromatic rings. The summed E-state index contributed by atoms with van der Waals surface area (Å²) in [5.74, 6) is 0.757. The molecule has 0 aliphatic carbocycles. The van der Waals surface area contributed by atoms with Gasteiger partial charge in [0.15, 0.2) is 12.6 Å². The Labute approximate surface area is 151 Å². The zero-order chi connectivity index (χ0) is 17.2. The molecule has 25 heavy (non-hydrogen) atoms. The number of benzene rings is 1. The van der Waals surface area contributed by atoms with Crippen LogP contribution in [0.1, 0.15) is 19.3 Å². The molecular formula is C19H12N2O2S2. The van der Waals surface area contributed by atoms with Crippen molar-refractivity contribution in [3.63, 3.8) is 0 Å². The quantitative estimate of drug-likeness (QED) is 0.498. The Kier molecular flexibility index (Phi) is 4.13. The maximum absolute atomic E-state index is 11.0. The van der Waals surface area contributed by atoms with E-state index >= 15 is 0 Å². The molecule has 4 nitrogen and oxygen atoms in total. The number of hydrogen-bond acceptors (Lipinski definition) is 5. The van der Waals surface area contributed by atoms with Crippen molar-refractivity contribution in [3.05, 3.63) is 64.4 Å². The van der Waals surface area contributed by atoms with Crippen LogP contribution in [0.2, 0.25) is 0 Å². The normalized spacial score (nSPS) is 10.7. The predicted octanol–water partition coefficient (Wildman–Crippen LogP) is 5.16. The van der Waals surface area contributed by atoms with Gasteiger partial charge in [-0.2, -0.15) is 0 Å². The third-order valence-corrected chi connectivity index (χ3v) is 5.76. The van der Waals surface area contributed by atoms with Crippen molar-refractivity contribution in [3.8, 4) is 32.5 Å². The molecule has 1 N–H and O–H groups in total. The molecule has 0 saturated heterocycles. The van der Waals surface area contributed by atoms with Crippen LogP contribution in [0.15, 0.2) is 54.6 Å². The zero-order valence-electron chi connectivity index (χ0n) is 12.9. The minimum atomic E-state index is 0.657. The van der Waals surface area contributed by atoms with Crippen LogP contribution in [-0.2, 0) is 0 Å². The number of imidazole rings is 1. The van der Waals surface area contributed by atoms with Crippen molar-refractivity contribution in [1.82, 2.24) is 9.97 Å². The Hall–Kier alpha value is -2.83. The number of thiophene rings is 2. The SMILES string of the molecule is O=Cc1ccc(-c2nc(-c3ccccc3)[nH]c2-c2ccc(C=O)s2)s1. The van der Waals surface area contributed by atoms with Crippen molar-refractivity contribution in [2.24, 2.45) is 0 Å². The lowest BCUT2D eigenvalue weighted by Gasteiger charge is -1.96. The third-order valence-electron chi connectivity index (χ3n) is 3.72. The van der Waals surface area contributed by atoms with Crippen LogP contribution in [0, 0.1) is 0 Å². The highest BCUT2D eigenvalue weighted by atomic mass is 32.1. The van der Waals surface area contributed by atoms with Crippen LogP contribution in [0.25, 0.3) is 32.5 Å². The van der Waals surface area contributed by atoms with Gasteiger partial charge in [0, 0.05) is 5.56 Å². The van der Waals surface area contributed by atoms with Crippen molar-refractivity contribution < 1.29 is 9.59 Å². The fourth-order valence-electron chi connectivity index (χ4n) is 2.56. The summed E-state index contributed by atoms with van der Waals surface area (Å²) in [4.78, 5) is 33.4. The number of H-pyrrole nitrogens is 1. The first-order chi connectivity index (χ1) is 12.3. The van der Waals surface area contributed by atoms with E-state index in [9.17, 15) is 9.59 Å². The molecule has 0 fully saturated rings. The zero-order valence-corrected chi connectivity index (χ0v) is 14.6. The van der Waals surface area contributed by atoms with E-state index in [0.29, 0.717) is 9.75 Å². The second-order valence-electron chi connectivity index (χ2n) is 5.31. The molecule has 3 heterocycles. The van der Waals surface area contributed by atoms with Crippen LogP contribution in [0.5, 0.6) is 0 Å². The Morgan fingerprint density at radius 1 is 0.800 bits per heavy atom. The second kappa shape index (κ2) is 6.58. The molecule has 0 unspecified atom stereocenters. The lowest BCUT2D eigenvalue weighted by atomic mass is 10.2. The average Bonchev–Trinajstić information content (AvgIpc) is 3.39. The molecule has 6 heteroatoms. The highest BCUT2D eigenvalue weighted by Gasteiger charge is 2.18. The Balaban J connectivity index is 1.89. The average molecular weight is 364 g/mol. The van der Waals surface area contributed by atoms with Crippen LogP contribution in [0.4, 0.5) is 0 Å². The van der Waals surface area contributed by atoms with E-state index in [1.807, 2.05) is 42.5 Å². The van der Waals surface area contributed by atoms with E-state index in [-0.39, 0.29) is 0 Å². The maximum atomic E-state index is 11.0. The number of carbonyl (C=O) groups excluding carboxylic acids is 2. The molecule has 0 aliphatic heterocycles.